The highest BCUT2D eigenvalue weighted by Crippen LogP contribution is 2.40. The summed E-state index contributed by atoms with van der Waals surface area (Å²) in [6.45, 7) is 7.56. The molecule has 5 nitrogen and oxygen atoms in total. The van der Waals surface area contributed by atoms with Crippen LogP contribution < -0.4 is 0 Å². The summed E-state index contributed by atoms with van der Waals surface area (Å²) in [6.07, 6.45) is 8.57. The Morgan fingerprint density at radius 3 is 2.50 bits per heavy atom. The molecule has 0 saturated carbocycles. The van der Waals surface area contributed by atoms with Crippen LogP contribution in [0.3, 0.4) is 0 Å². The number of carbonyl (C=O) groups excluding carboxylic acids is 1. The van der Waals surface area contributed by atoms with E-state index in [9.17, 15) is 13.2 Å². The molecule has 148 valence electrons. The van der Waals surface area contributed by atoms with E-state index in [1.165, 1.54) is 17.6 Å². The summed E-state index contributed by atoms with van der Waals surface area (Å²) in [5, 5.41) is 0. The molecule has 7 heteroatoms. The van der Waals surface area contributed by atoms with E-state index in [0.29, 0.717) is 30.3 Å². The van der Waals surface area contributed by atoms with Crippen molar-refractivity contribution in [2.24, 2.45) is 17.3 Å². The predicted octanol–water partition coefficient (Wildman–Crippen LogP) is 2.94. The second-order valence-corrected chi connectivity index (χ2v) is 11.8. The molecule has 0 aromatic carbocycles. The summed E-state index contributed by atoms with van der Waals surface area (Å²) >= 11 is 1.81. The van der Waals surface area contributed by atoms with Gasteiger partial charge in [-0.05, 0) is 48.3 Å². The Morgan fingerprint density at radius 1 is 1.15 bits per heavy atom. The van der Waals surface area contributed by atoms with Gasteiger partial charge in [-0.15, -0.1) is 11.8 Å². The molecule has 0 aromatic heterocycles. The number of hydrogen-bond acceptors (Lipinski definition) is 4. The van der Waals surface area contributed by atoms with Gasteiger partial charge < -0.3 is 4.90 Å². The molecule has 0 aromatic rings. The topological polar surface area (TPSA) is 57.7 Å². The summed E-state index contributed by atoms with van der Waals surface area (Å²) in [7, 11) is -3.08. The lowest BCUT2D eigenvalue weighted by atomic mass is 9.85. The van der Waals surface area contributed by atoms with Crippen LogP contribution in [0.1, 0.15) is 46.0 Å². The number of amides is 1. The summed E-state index contributed by atoms with van der Waals surface area (Å²) < 4.78 is 24.9. The zero-order chi connectivity index (χ0) is 18.9. The molecule has 1 atom stereocenters. The molecule has 2 fully saturated rings. The second-order valence-electron chi connectivity index (χ2n) is 8.77. The molecular formula is C19H32N2O3S2. The molecule has 0 spiro atoms. The zero-order valence-electron chi connectivity index (χ0n) is 16.2. The largest absolute Gasteiger partial charge is 0.342 e. The van der Waals surface area contributed by atoms with Gasteiger partial charge in [0.15, 0.2) is 0 Å². The van der Waals surface area contributed by atoms with Crippen molar-refractivity contribution in [3.63, 3.8) is 0 Å². The fraction of sp³-hybridized carbons (Fsp3) is 0.842. The van der Waals surface area contributed by atoms with Gasteiger partial charge in [-0.25, -0.2) is 12.7 Å². The Morgan fingerprint density at radius 2 is 1.85 bits per heavy atom. The third-order valence-electron chi connectivity index (χ3n) is 6.09. The number of allylic oxidation sites excluding steroid dienone is 1. The summed E-state index contributed by atoms with van der Waals surface area (Å²) in [4.78, 5) is 16.3. The van der Waals surface area contributed by atoms with Gasteiger partial charge in [0.2, 0.25) is 15.9 Å². The Hall–Kier alpha value is -0.530. The van der Waals surface area contributed by atoms with Crippen LogP contribution in [0.5, 0.6) is 0 Å². The highest BCUT2D eigenvalue weighted by Gasteiger charge is 2.34. The van der Waals surface area contributed by atoms with Gasteiger partial charge in [0.25, 0.3) is 0 Å². The number of sulfonamides is 1. The molecule has 3 aliphatic rings. The first-order valence-corrected chi connectivity index (χ1v) is 12.6. The molecule has 2 saturated heterocycles. The minimum atomic E-state index is -3.08. The third-order valence-corrected chi connectivity index (χ3v) is 8.72. The smallest absolute Gasteiger partial charge is 0.230 e. The van der Waals surface area contributed by atoms with Crippen LogP contribution in [0, 0.1) is 17.3 Å². The predicted molar refractivity (Wildman–Crippen MR) is 107 cm³/mol. The van der Waals surface area contributed by atoms with Crippen LogP contribution >= 0.6 is 11.8 Å². The number of carbonyl (C=O) groups is 1. The molecule has 1 unspecified atom stereocenters. The maximum atomic E-state index is 13.0. The van der Waals surface area contributed by atoms with Crippen molar-refractivity contribution in [1.29, 1.82) is 0 Å². The quantitative estimate of drug-likeness (QED) is 0.731. The molecular weight excluding hydrogens is 368 g/mol. The first kappa shape index (κ1) is 20.2. The molecule has 0 radical (unpaired) electrons. The minimum Gasteiger partial charge on any atom is -0.342 e. The lowest BCUT2D eigenvalue weighted by Crippen LogP contribution is -2.38. The molecule has 0 aliphatic carbocycles. The van der Waals surface area contributed by atoms with Gasteiger partial charge in [0.05, 0.1) is 12.2 Å². The standard InChI is InChI=1S/C19H32N2O3S2/c1-19(2)7-4-9-20(12-8-19)18(22)16-13-17(25-14-16)15-5-10-21(11-6-15)26(3,23)24/h13,15-16H,4-12,14H2,1-3H3. The number of rotatable bonds is 3. The van der Waals surface area contributed by atoms with Crippen LogP contribution in [-0.2, 0) is 14.8 Å². The Balaban J connectivity index is 1.57. The normalized spacial score (nSPS) is 28.7. The number of hydrogen-bond donors (Lipinski definition) is 0. The average Bonchev–Trinajstić information content (AvgIpc) is 2.99. The first-order chi connectivity index (χ1) is 12.2. The van der Waals surface area contributed by atoms with Gasteiger partial charge >= 0.3 is 0 Å². The molecule has 0 bridgehead atoms. The van der Waals surface area contributed by atoms with Crippen LogP contribution in [0.2, 0.25) is 0 Å². The fourth-order valence-corrected chi connectivity index (χ4v) is 6.44. The summed E-state index contributed by atoms with van der Waals surface area (Å²) in [5.74, 6) is 1.56. The Kier molecular flexibility index (Phi) is 6.09. The molecule has 1 amide bonds. The summed E-state index contributed by atoms with van der Waals surface area (Å²) in [5.41, 5.74) is 0.341. The van der Waals surface area contributed by atoms with Gasteiger partial charge in [0.1, 0.15) is 0 Å². The number of likely N-dealkylation sites (tertiary alicyclic amines) is 1. The molecule has 3 heterocycles. The molecule has 3 rings (SSSR count). The van der Waals surface area contributed by atoms with E-state index in [4.69, 9.17) is 0 Å². The van der Waals surface area contributed by atoms with E-state index in [-0.39, 0.29) is 5.92 Å². The van der Waals surface area contributed by atoms with E-state index in [0.717, 1.165) is 44.5 Å². The SMILES string of the molecule is CC1(C)CCCN(C(=O)C2C=C(C3CCN(S(C)(=O)=O)CC3)SC2)CC1. The lowest BCUT2D eigenvalue weighted by Gasteiger charge is -2.30. The van der Waals surface area contributed by atoms with E-state index in [2.05, 4.69) is 24.8 Å². The van der Waals surface area contributed by atoms with Crippen molar-refractivity contribution in [3.05, 3.63) is 11.0 Å². The van der Waals surface area contributed by atoms with Gasteiger partial charge in [-0.1, -0.05) is 19.9 Å². The summed E-state index contributed by atoms with van der Waals surface area (Å²) in [6, 6.07) is 0. The van der Waals surface area contributed by atoms with Gasteiger partial charge in [-0.2, -0.15) is 0 Å². The second kappa shape index (κ2) is 7.84. The monoisotopic (exact) mass is 400 g/mol. The fourth-order valence-electron chi connectivity index (χ4n) is 4.23. The number of piperidine rings is 1. The lowest BCUT2D eigenvalue weighted by molar-refractivity contribution is -0.133. The Bertz CT molecular complexity index is 664. The third kappa shape index (κ3) is 4.84. The molecule has 26 heavy (non-hydrogen) atoms. The van der Waals surface area contributed by atoms with Crippen LogP contribution in [0.25, 0.3) is 0 Å². The maximum Gasteiger partial charge on any atom is 0.230 e. The van der Waals surface area contributed by atoms with E-state index < -0.39 is 10.0 Å². The van der Waals surface area contributed by atoms with E-state index in [1.54, 1.807) is 4.31 Å². The van der Waals surface area contributed by atoms with Crippen molar-refractivity contribution in [2.75, 3.05) is 38.2 Å². The van der Waals surface area contributed by atoms with Crippen molar-refractivity contribution in [3.8, 4) is 0 Å². The van der Waals surface area contributed by atoms with Crippen LogP contribution in [0.15, 0.2) is 11.0 Å². The van der Waals surface area contributed by atoms with Crippen LogP contribution in [-0.4, -0.2) is 61.7 Å². The van der Waals surface area contributed by atoms with Crippen molar-refractivity contribution in [1.82, 2.24) is 9.21 Å². The highest BCUT2D eigenvalue weighted by atomic mass is 32.2. The minimum absolute atomic E-state index is 0.00384. The number of nitrogens with zero attached hydrogens (tertiary/aromatic N) is 2. The van der Waals surface area contributed by atoms with Crippen molar-refractivity contribution < 1.29 is 13.2 Å². The molecule has 3 aliphatic heterocycles. The highest BCUT2D eigenvalue weighted by molar-refractivity contribution is 8.03. The van der Waals surface area contributed by atoms with E-state index in [1.807, 2.05) is 11.8 Å². The van der Waals surface area contributed by atoms with Crippen LogP contribution in [0.4, 0.5) is 0 Å². The van der Waals surface area contributed by atoms with Gasteiger partial charge in [-0.3, -0.25) is 4.79 Å². The number of thioether (sulfide) groups is 1. The zero-order valence-corrected chi connectivity index (χ0v) is 17.9. The Labute approximate surface area is 162 Å². The average molecular weight is 401 g/mol. The van der Waals surface area contributed by atoms with E-state index >= 15 is 0 Å². The van der Waals surface area contributed by atoms with Crippen molar-refractivity contribution >= 4 is 27.7 Å². The maximum absolute atomic E-state index is 13.0. The first-order valence-electron chi connectivity index (χ1n) is 9.74. The van der Waals surface area contributed by atoms with Gasteiger partial charge in [0, 0.05) is 31.9 Å². The molecule has 0 N–H and O–H groups in total. The van der Waals surface area contributed by atoms with Crippen molar-refractivity contribution in [2.45, 2.75) is 46.0 Å².